The quantitative estimate of drug-likeness (QED) is 0.742. The molecule has 2 aliphatic rings. The number of carboxylic acid groups (broad SMARTS) is 1. The van der Waals surface area contributed by atoms with Gasteiger partial charge in [-0.3, -0.25) is 0 Å². The third-order valence-electron chi connectivity index (χ3n) is 3.18. The van der Waals surface area contributed by atoms with Crippen LogP contribution in [0.1, 0.15) is 6.42 Å². The predicted octanol–water partition coefficient (Wildman–Crippen LogP) is 0.510. The molecule has 0 spiro atoms. The summed E-state index contributed by atoms with van der Waals surface area (Å²) in [5.41, 5.74) is 1.04. The maximum atomic E-state index is 11.0. The van der Waals surface area contributed by atoms with Crippen molar-refractivity contribution >= 4 is 5.97 Å². The van der Waals surface area contributed by atoms with Crippen LogP contribution < -0.4 is 0 Å². The second kappa shape index (κ2) is 6.09. The van der Waals surface area contributed by atoms with Crippen LogP contribution in [0, 0.1) is 11.8 Å². The van der Waals surface area contributed by atoms with Gasteiger partial charge in [0, 0.05) is 45.7 Å². The molecule has 1 aliphatic carbocycles. The zero-order chi connectivity index (χ0) is 11.7. The van der Waals surface area contributed by atoms with Gasteiger partial charge >= 0.3 is 5.97 Å². The number of aliphatic carboxylic acids is 1. The van der Waals surface area contributed by atoms with E-state index in [9.17, 15) is 9.90 Å². The first-order valence-electron chi connectivity index (χ1n) is 5.10. The first kappa shape index (κ1) is 14.8. The van der Waals surface area contributed by atoms with Crippen LogP contribution in [0.15, 0.2) is 23.5 Å². The van der Waals surface area contributed by atoms with Gasteiger partial charge < -0.3 is 19.7 Å². The summed E-state index contributed by atoms with van der Waals surface area (Å²) in [5, 5.41) is 18.2. The van der Waals surface area contributed by atoms with E-state index < -0.39 is 12.3 Å². The van der Waals surface area contributed by atoms with Crippen molar-refractivity contribution in [3.05, 3.63) is 23.5 Å². The molecule has 0 aromatic heterocycles. The number of fused-ring (bicyclic) bond motifs is 1. The summed E-state index contributed by atoms with van der Waals surface area (Å²) in [6.07, 6.45) is 3.23. The second-order valence-electron chi connectivity index (χ2n) is 3.92. The maximum absolute atomic E-state index is 11.0. The van der Waals surface area contributed by atoms with Gasteiger partial charge in [0.2, 0.25) is 6.29 Å². The molecule has 3 unspecified atom stereocenters. The van der Waals surface area contributed by atoms with Gasteiger partial charge in [-0.15, -0.1) is 0 Å². The van der Waals surface area contributed by atoms with Gasteiger partial charge in [-0.1, -0.05) is 6.08 Å². The Balaban J connectivity index is 0.00000144. The second-order valence-corrected chi connectivity index (χ2v) is 3.92. The molecule has 0 bridgehead atoms. The molecule has 1 aliphatic heterocycles. The van der Waals surface area contributed by atoms with Gasteiger partial charge in [-0.2, -0.15) is 0 Å². The molecule has 0 saturated heterocycles. The number of aliphatic hydroxyl groups is 1. The zero-order valence-corrected chi connectivity index (χ0v) is 12.3. The van der Waals surface area contributed by atoms with Crippen LogP contribution in [0.4, 0.5) is 0 Å². The molecule has 0 aromatic rings. The molecule has 6 heteroatoms. The van der Waals surface area contributed by atoms with Crippen molar-refractivity contribution in [3.63, 3.8) is 0 Å². The minimum Gasteiger partial charge on any atom is -0.478 e. The molecule has 2 N–H and O–H groups in total. The van der Waals surface area contributed by atoms with Crippen LogP contribution in [-0.2, 0) is 47.0 Å². The molecular formula is C11H14O5Y. The van der Waals surface area contributed by atoms with Crippen molar-refractivity contribution < 1.29 is 57.2 Å². The molecule has 1 radical (unpaired) electrons. The first-order valence-corrected chi connectivity index (χ1v) is 5.10. The Morgan fingerprint density at radius 2 is 2.35 bits per heavy atom. The summed E-state index contributed by atoms with van der Waals surface area (Å²) in [4.78, 5) is 11.0. The van der Waals surface area contributed by atoms with E-state index >= 15 is 0 Å². The van der Waals surface area contributed by atoms with Crippen LogP contribution in [0.25, 0.3) is 0 Å². The summed E-state index contributed by atoms with van der Waals surface area (Å²) < 4.78 is 10.4. The van der Waals surface area contributed by atoms with Crippen molar-refractivity contribution in [3.8, 4) is 0 Å². The normalized spacial score (nSPS) is 30.6. The van der Waals surface area contributed by atoms with Crippen molar-refractivity contribution in [2.75, 3.05) is 13.7 Å². The third-order valence-corrected chi connectivity index (χ3v) is 3.18. The van der Waals surface area contributed by atoms with Crippen LogP contribution in [0.2, 0.25) is 0 Å². The van der Waals surface area contributed by atoms with E-state index in [0.717, 1.165) is 5.57 Å². The van der Waals surface area contributed by atoms with Gasteiger partial charge in [0.1, 0.15) is 0 Å². The first-order chi connectivity index (χ1) is 7.69. The van der Waals surface area contributed by atoms with E-state index in [2.05, 4.69) is 0 Å². The molecule has 91 valence electrons. The Labute approximate surface area is 124 Å². The van der Waals surface area contributed by atoms with Crippen LogP contribution in [0.3, 0.4) is 0 Å². The van der Waals surface area contributed by atoms with Crippen LogP contribution in [0.5, 0.6) is 0 Å². The summed E-state index contributed by atoms with van der Waals surface area (Å²) >= 11 is 0. The minimum absolute atomic E-state index is 0. The number of rotatable bonds is 3. The number of ether oxygens (including phenoxy) is 2. The van der Waals surface area contributed by atoms with E-state index in [1.165, 1.54) is 13.4 Å². The topological polar surface area (TPSA) is 76.0 Å². The Bertz CT molecular complexity index is 363. The molecule has 3 atom stereocenters. The van der Waals surface area contributed by atoms with Gasteiger partial charge in [0.15, 0.2) is 0 Å². The standard InChI is InChI=1S/C11H14O5.Y/c1-15-11-9-6(4-12)2-3-7(9)8(5-16-11)10(13)14;/h2,5,7,9,11-12H,3-4H2,1H3,(H,13,14);. The Kier molecular flexibility index (Phi) is 5.32. The number of hydrogen-bond donors (Lipinski definition) is 2. The average molecular weight is 315 g/mol. The molecule has 5 nitrogen and oxygen atoms in total. The summed E-state index contributed by atoms with van der Waals surface area (Å²) in [5.74, 6) is -1.32. The Morgan fingerprint density at radius 3 is 2.88 bits per heavy atom. The smallest absolute Gasteiger partial charge is 0.335 e. The molecule has 17 heavy (non-hydrogen) atoms. The number of allylic oxidation sites excluding steroid dienone is 1. The van der Waals surface area contributed by atoms with E-state index in [1.54, 1.807) is 0 Å². The predicted molar refractivity (Wildman–Crippen MR) is 54.4 cm³/mol. The molecule has 0 saturated carbocycles. The number of methoxy groups -OCH3 is 1. The van der Waals surface area contributed by atoms with E-state index in [0.29, 0.717) is 6.42 Å². The number of hydrogen-bond acceptors (Lipinski definition) is 4. The molecule has 1 heterocycles. The molecular weight excluding hydrogens is 301 g/mol. The Morgan fingerprint density at radius 1 is 1.65 bits per heavy atom. The Hall–Kier alpha value is -0.226. The van der Waals surface area contributed by atoms with E-state index in [-0.39, 0.29) is 56.7 Å². The van der Waals surface area contributed by atoms with Gasteiger partial charge in [0.05, 0.1) is 24.4 Å². The van der Waals surface area contributed by atoms with E-state index in [1.807, 2.05) is 6.08 Å². The fourth-order valence-corrected chi connectivity index (χ4v) is 2.40. The third kappa shape index (κ3) is 2.62. The zero-order valence-electron chi connectivity index (χ0n) is 9.50. The van der Waals surface area contributed by atoms with E-state index in [4.69, 9.17) is 14.6 Å². The summed E-state index contributed by atoms with van der Waals surface area (Å²) in [6, 6.07) is 0. The fraction of sp³-hybridized carbons (Fsp3) is 0.545. The van der Waals surface area contributed by atoms with Crippen molar-refractivity contribution in [1.29, 1.82) is 0 Å². The monoisotopic (exact) mass is 315 g/mol. The van der Waals surface area contributed by atoms with Crippen LogP contribution in [-0.4, -0.2) is 36.2 Å². The van der Waals surface area contributed by atoms with Gasteiger partial charge in [-0.25, -0.2) is 4.79 Å². The van der Waals surface area contributed by atoms with Crippen molar-refractivity contribution in [1.82, 2.24) is 0 Å². The SMILES string of the molecule is COC1OC=C(C(=O)O)C2CC=C(CO)C12.[Y]. The largest absolute Gasteiger partial charge is 0.478 e. The molecule has 0 amide bonds. The van der Waals surface area contributed by atoms with Crippen molar-refractivity contribution in [2.24, 2.45) is 11.8 Å². The van der Waals surface area contributed by atoms with Crippen LogP contribution >= 0.6 is 0 Å². The number of carboxylic acids is 1. The maximum Gasteiger partial charge on any atom is 0.335 e. The number of aliphatic hydroxyl groups excluding tert-OH is 1. The van der Waals surface area contributed by atoms with Crippen molar-refractivity contribution in [2.45, 2.75) is 12.7 Å². The molecule has 0 aromatic carbocycles. The molecule has 2 rings (SSSR count). The summed E-state index contributed by atoms with van der Waals surface area (Å²) in [7, 11) is 1.51. The van der Waals surface area contributed by atoms with Gasteiger partial charge in [-0.05, 0) is 12.0 Å². The molecule has 0 fully saturated rings. The average Bonchev–Trinajstić information content (AvgIpc) is 2.71. The van der Waals surface area contributed by atoms with Gasteiger partial charge in [0.25, 0.3) is 0 Å². The fourth-order valence-electron chi connectivity index (χ4n) is 2.40. The minimum atomic E-state index is -0.975. The summed E-state index contributed by atoms with van der Waals surface area (Å²) in [6.45, 7) is -0.0860. The number of carbonyl (C=O) groups is 1.